The molecule has 1 amide bonds. The maximum atomic E-state index is 12.8. The highest BCUT2D eigenvalue weighted by Crippen LogP contribution is 2.13. The van der Waals surface area contributed by atoms with Crippen LogP contribution < -0.4 is 10.9 Å². The third kappa shape index (κ3) is 3.02. The van der Waals surface area contributed by atoms with Crippen molar-refractivity contribution in [1.29, 1.82) is 0 Å². The van der Waals surface area contributed by atoms with E-state index < -0.39 is 0 Å². The molecule has 1 fully saturated rings. The molecule has 0 saturated carbocycles. The second-order valence-corrected chi connectivity index (χ2v) is 6.05. The predicted octanol–water partition coefficient (Wildman–Crippen LogP) is 1.39. The normalized spacial score (nSPS) is 17.4. The highest BCUT2D eigenvalue weighted by molar-refractivity contribution is 7.15. The van der Waals surface area contributed by atoms with Crippen molar-refractivity contribution in [2.24, 2.45) is 0 Å². The number of amides is 1. The van der Waals surface area contributed by atoms with E-state index in [1.54, 1.807) is 11.6 Å². The van der Waals surface area contributed by atoms with Gasteiger partial charge in [-0.3, -0.25) is 14.0 Å². The smallest absolute Gasteiger partial charge is 0.271 e. The van der Waals surface area contributed by atoms with Crippen LogP contribution in [0.25, 0.3) is 4.96 Å². The second kappa shape index (κ2) is 7.21. The molecule has 120 valence electrons. The molecule has 1 unspecified atom stereocenters. The molecule has 2 aromatic rings. The predicted molar refractivity (Wildman–Crippen MR) is 89.2 cm³/mol. The van der Waals surface area contributed by atoms with Gasteiger partial charge in [-0.25, -0.2) is 4.98 Å². The van der Waals surface area contributed by atoms with Crippen molar-refractivity contribution < 1.29 is 4.79 Å². The number of thiazole rings is 1. The van der Waals surface area contributed by atoms with Crippen LogP contribution in [-0.4, -0.2) is 45.9 Å². The van der Waals surface area contributed by atoms with E-state index in [0.717, 1.165) is 25.9 Å². The summed E-state index contributed by atoms with van der Waals surface area (Å²) in [6.07, 6.45) is 4.88. The molecular formula is C14H19ClN4O2S. The third-order valence-electron chi connectivity index (χ3n) is 3.77. The summed E-state index contributed by atoms with van der Waals surface area (Å²) in [6.45, 7) is 4.41. The van der Waals surface area contributed by atoms with Crippen LogP contribution >= 0.6 is 23.7 Å². The summed E-state index contributed by atoms with van der Waals surface area (Å²) < 4.78 is 1.44. The topological polar surface area (TPSA) is 66.7 Å². The first-order valence-electron chi connectivity index (χ1n) is 7.19. The molecule has 1 saturated heterocycles. The van der Waals surface area contributed by atoms with Crippen molar-refractivity contribution in [3.8, 4) is 0 Å². The monoisotopic (exact) mass is 342 g/mol. The summed E-state index contributed by atoms with van der Waals surface area (Å²) >= 11 is 1.38. The highest BCUT2D eigenvalue weighted by atomic mass is 35.5. The van der Waals surface area contributed by atoms with Gasteiger partial charge in [0.1, 0.15) is 5.56 Å². The van der Waals surface area contributed by atoms with E-state index in [4.69, 9.17) is 0 Å². The van der Waals surface area contributed by atoms with Crippen molar-refractivity contribution in [3.63, 3.8) is 0 Å². The number of aromatic nitrogens is 2. The molecule has 1 N–H and O–H groups in total. The van der Waals surface area contributed by atoms with E-state index in [1.165, 1.54) is 21.9 Å². The van der Waals surface area contributed by atoms with Gasteiger partial charge in [0.15, 0.2) is 4.96 Å². The number of hydrogen-bond acceptors (Lipinski definition) is 5. The van der Waals surface area contributed by atoms with Crippen molar-refractivity contribution in [1.82, 2.24) is 19.6 Å². The van der Waals surface area contributed by atoms with Gasteiger partial charge in [0, 0.05) is 36.9 Å². The summed E-state index contributed by atoms with van der Waals surface area (Å²) in [5, 5.41) is 5.06. The van der Waals surface area contributed by atoms with Crippen LogP contribution in [0, 0.1) is 0 Å². The molecule has 0 radical (unpaired) electrons. The number of nitrogens with one attached hydrogen (secondary N) is 1. The summed E-state index contributed by atoms with van der Waals surface area (Å²) in [7, 11) is 0. The minimum atomic E-state index is -0.279. The Morgan fingerprint density at radius 2 is 2.41 bits per heavy atom. The first kappa shape index (κ1) is 16.9. The first-order chi connectivity index (χ1) is 10.2. The molecule has 3 heterocycles. The zero-order valence-corrected chi connectivity index (χ0v) is 14.0. The van der Waals surface area contributed by atoms with Crippen molar-refractivity contribution >= 4 is 34.6 Å². The van der Waals surface area contributed by atoms with Gasteiger partial charge in [-0.05, 0) is 19.4 Å². The Hall–Kier alpha value is -1.44. The molecule has 2 aromatic heterocycles. The lowest BCUT2D eigenvalue weighted by molar-refractivity contribution is 0.0690. The average molecular weight is 343 g/mol. The first-order valence-corrected chi connectivity index (χ1v) is 8.07. The van der Waals surface area contributed by atoms with Crippen molar-refractivity contribution in [2.75, 3.05) is 19.6 Å². The van der Waals surface area contributed by atoms with Gasteiger partial charge >= 0.3 is 0 Å². The Labute approximate surface area is 138 Å². The number of hydrogen-bond donors (Lipinski definition) is 1. The van der Waals surface area contributed by atoms with Gasteiger partial charge in [-0.1, -0.05) is 6.92 Å². The lowest BCUT2D eigenvalue weighted by Gasteiger charge is -2.27. The summed E-state index contributed by atoms with van der Waals surface area (Å²) in [5.74, 6) is -0.205. The molecule has 1 atom stereocenters. The number of nitrogens with zero attached hydrogens (tertiary/aromatic N) is 3. The standard InChI is InChI=1S/C14H18N4O2S.ClH/c1-2-5-17(10-3-4-15-8-10)12(19)11-9-16-14-18(13(11)20)6-7-21-14;/h6-7,9-10,15H,2-5,8H2,1H3;1H. The highest BCUT2D eigenvalue weighted by Gasteiger charge is 2.28. The minimum Gasteiger partial charge on any atom is -0.334 e. The third-order valence-corrected chi connectivity index (χ3v) is 4.54. The molecular weight excluding hydrogens is 324 g/mol. The van der Waals surface area contributed by atoms with Crippen LogP contribution in [0.1, 0.15) is 30.1 Å². The van der Waals surface area contributed by atoms with Gasteiger partial charge in [0.25, 0.3) is 11.5 Å². The van der Waals surface area contributed by atoms with Crippen molar-refractivity contribution in [2.45, 2.75) is 25.8 Å². The molecule has 0 bridgehead atoms. The lowest BCUT2D eigenvalue weighted by Crippen LogP contribution is -2.44. The van der Waals surface area contributed by atoms with Crippen molar-refractivity contribution in [3.05, 3.63) is 33.7 Å². The lowest BCUT2D eigenvalue weighted by atomic mass is 10.1. The number of halogens is 1. The molecule has 8 heteroatoms. The van der Waals surface area contributed by atoms with E-state index in [0.29, 0.717) is 11.5 Å². The van der Waals surface area contributed by atoms with Gasteiger partial charge < -0.3 is 10.2 Å². The van der Waals surface area contributed by atoms with E-state index in [-0.39, 0.29) is 35.5 Å². The fourth-order valence-electron chi connectivity index (χ4n) is 2.72. The second-order valence-electron chi connectivity index (χ2n) is 5.18. The molecule has 3 rings (SSSR count). The SMILES string of the molecule is CCCN(C(=O)c1cnc2sccn2c1=O)C1CCNC1.Cl. The average Bonchev–Trinajstić information content (AvgIpc) is 3.15. The molecule has 0 aliphatic carbocycles. The van der Waals surface area contributed by atoms with Crippen LogP contribution in [0.15, 0.2) is 22.6 Å². The van der Waals surface area contributed by atoms with Gasteiger partial charge in [-0.15, -0.1) is 23.7 Å². The summed E-state index contributed by atoms with van der Waals surface area (Å²) in [6, 6.07) is 0.167. The Kier molecular flexibility index (Phi) is 5.55. The Balaban J connectivity index is 0.00000176. The Bertz CT molecular complexity index is 708. The summed E-state index contributed by atoms with van der Waals surface area (Å²) in [5.41, 5.74) is -0.121. The fourth-order valence-corrected chi connectivity index (χ4v) is 3.40. The number of rotatable bonds is 4. The van der Waals surface area contributed by atoms with Crippen LogP contribution in [0.3, 0.4) is 0 Å². The maximum absolute atomic E-state index is 12.8. The van der Waals surface area contributed by atoms with E-state index in [2.05, 4.69) is 10.3 Å². The molecule has 22 heavy (non-hydrogen) atoms. The number of carbonyl (C=O) groups excluding carboxylic acids is 1. The summed E-state index contributed by atoms with van der Waals surface area (Å²) in [4.78, 5) is 31.8. The minimum absolute atomic E-state index is 0. The fraction of sp³-hybridized carbons (Fsp3) is 0.500. The zero-order chi connectivity index (χ0) is 14.8. The molecule has 1 aliphatic rings. The maximum Gasteiger partial charge on any atom is 0.271 e. The van der Waals surface area contributed by atoms with Gasteiger partial charge in [-0.2, -0.15) is 0 Å². The quantitative estimate of drug-likeness (QED) is 0.912. The molecule has 0 spiro atoms. The number of fused-ring (bicyclic) bond motifs is 1. The van der Waals surface area contributed by atoms with E-state index in [1.807, 2.05) is 11.8 Å². The van der Waals surface area contributed by atoms with E-state index in [9.17, 15) is 9.59 Å². The Morgan fingerprint density at radius 1 is 1.59 bits per heavy atom. The largest absolute Gasteiger partial charge is 0.334 e. The van der Waals surface area contributed by atoms with Crippen LogP contribution in [0.5, 0.6) is 0 Å². The Morgan fingerprint density at radius 3 is 3.09 bits per heavy atom. The molecule has 6 nitrogen and oxygen atoms in total. The van der Waals surface area contributed by atoms with Gasteiger partial charge in [0.2, 0.25) is 0 Å². The molecule has 1 aliphatic heterocycles. The van der Waals surface area contributed by atoms with Gasteiger partial charge in [0.05, 0.1) is 0 Å². The zero-order valence-electron chi connectivity index (χ0n) is 12.3. The molecule has 0 aromatic carbocycles. The van der Waals surface area contributed by atoms with Crippen LogP contribution in [0.4, 0.5) is 0 Å². The van der Waals surface area contributed by atoms with E-state index >= 15 is 0 Å². The van der Waals surface area contributed by atoms with Crippen LogP contribution in [-0.2, 0) is 0 Å². The number of carbonyl (C=O) groups is 1. The van der Waals surface area contributed by atoms with Crippen LogP contribution in [0.2, 0.25) is 0 Å².